The van der Waals surface area contributed by atoms with Crippen LogP contribution in [-0.4, -0.2) is 48.3 Å². The zero-order valence-electron chi connectivity index (χ0n) is 20.0. The molecule has 0 spiro atoms. The van der Waals surface area contributed by atoms with Gasteiger partial charge in [-0.15, -0.1) is 0 Å². The molecule has 0 aliphatic carbocycles. The number of anilines is 1. The maximum atomic E-state index is 13.5. The van der Waals surface area contributed by atoms with Crippen molar-refractivity contribution in [3.05, 3.63) is 99.5 Å². The molecule has 3 amide bonds. The van der Waals surface area contributed by atoms with E-state index in [1.54, 1.807) is 36.4 Å². The van der Waals surface area contributed by atoms with Gasteiger partial charge in [0.1, 0.15) is 6.04 Å². The Balaban J connectivity index is 1.58. The highest BCUT2D eigenvalue weighted by Crippen LogP contribution is 2.27. The molecule has 9 heteroatoms. The van der Waals surface area contributed by atoms with E-state index in [0.717, 1.165) is 16.0 Å². The predicted molar refractivity (Wildman–Crippen MR) is 141 cm³/mol. The molecule has 0 N–H and O–H groups in total. The van der Waals surface area contributed by atoms with Crippen LogP contribution in [0.25, 0.3) is 0 Å². The van der Waals surface area contributed by atoms with E-state index in [2.05, 4.69) is 0 Å². The number of nitrogens with zero attached hydrogens (tertiary/aromatic N) is 2. The quantitative estimate of drug-likeness (QED) is 0.306. The lowest BCUT2D eigenvalue weighted by Crippen LogP contribution is -2.47. The molecule has 0 saturated carbocycles. The summed E-state index contributed by atoms with van der Waals surface area (Å²) in [7, 11) is 1.27. The molecule has 0 bridgehead atoms. The lowest BCUT2D eigenvalue weighted by Gasteiger charge is -2.28. The van der Waals surface area contributed by atoms with Crippen LogP contribution in [0.3, 0.4) is 0 Å². The van der Waals surface area contributed by atoms with Gasteiger partial charge in [0, 0.05) is 16.6 Å². The Morgan fingerprint density at radius 2 is 1.65 bits per heavy atom. The Morgan fingerprint density at radius 3 is 2.30 bits per heavy atom. The van der Waals surface area contributed by atoms with E-state index in [1.165, 1.54) is 36.3 Å². The summed E-state index contributed by atoms with van der Waals surface area (Å²) in [5.41, 5.74) is 2.27. The van der Waals surface area contributed by atoms with Crippen molar-refractivity contribution < 1.29 is 23.9 Å². The molecule has 4 rings (SSSR count). The highest BCUT2D eigenvalue weighted by atomic mass is 35.5. The van der Waals surface area contributed by atoms with Crippen LogP contribution in [0.15, 0.2) is 72.8 Å². The van der Waals surface area contributed by atoms with Crippen molar-refractivity contribution in [2.75, 3.05) is 18.6 Å². The van der Waals surface area contributed by atoms with E-state index in [9.17, 15) is 19.2 Å². The summed E-state index contributed by atoms with van der Waals surface area (Å²) in [6.07, 6.45) is 0.372. The first-order chi connectivity index (χ1) is 17.8. The molecule has 1 aliphatic rings. The van der Waals surface area contributed by atoms with Crippen molar-refractivity contribution in [1.29, 1.82) is 0 Å². The molecule has 7 nitrogen and oxygen atoms in total. The Morgan fingerprint density at radius 1 is 0.946 bits per heavy atom. The maximum absolute atomic E-state index is 13.5. The number of benzene rings is 3. The number of esters is 1. The van der Waals surface area contributed by atoms with Gasteiger partial charge in [-0.2, -0.15) is 0 Å². The van der Waals surface area contributed by atoms with E-state index < -0.39 is 23.8 Å². The molecule has 1 aliphatic heterocycles. The summed E-state index contributed by atoms with van der Waals surface area (Å²) in [5.74, 6) is -1.72. The van der Waals surface area contributed by atoms with Crippen LogP contribution in [0.4, 0.5) is 5.69 Å². The van der Waals surface area contributed by atoms with Gasteiger partial charge in [0.2, 0.25) is 11.8 Å². The van der Waals surface area contributed by atoms with Crippen LogP contribution in [-0.2, 0) is 32.0 Å². The van der Waals surface area contributed by atoms with Crippen LogP contribution >= 0.6 is 23.2 Å². The number of amides is 3. The normalized spacial score (nSPS) is 15.1. The van der Waals surface area contributed by atoms with Crippen molar-refractivity contribution in [3.8, 4) is 0 Å². The molecule has 1 fully saturated rings. The van der Waals surface area contributed by atoms with Gasteiger partial charge in [-0.05, 0) is 66.1 Å². The van der Waals surface area contributed by atoms with Gasteiger partial charge < -0.3 is 9.64 Å². The highest BCUT2D eigenvalue weighted by molar-refractivity contribution is 6.30. The molecule has 1 atom stereocenters. The van der Waals surface area contributed by atoms with E-state index in [-0.39, 0.29) is 25.3 Å². The Bertz CT molecular complexity index is 1330. The molecule has 3 aromatic carbocycles. The van der Waals surface area contributed by atoms with Gasteiger partial charge in [-0.3, -0.25) is 14.4 Å². The van der Waals surface area contributed by atoms with Crippen LogP contribution in [0, 0.1) is 0 Å². The number of ether oxygens (including phenoxy) is 1. The van der Waals surface area contributed by atoms with Crippen molar-refractivity contribution >= 4 is 52.6 Å². The summed E-state index contributed by atoms with van der Waals surface area (Å²) >= 11 is 12.1. The number of methoxy groups -OCH3 is 1. The summed E-state index contributed by atoms with van der Waals surface area (Å²) in [4.78, 5) is 54.2. The van der Waals surface area contributed by atoms with Crippen LogP contribution in [0.5, 0.6) is 0 Å². The minimum absolute atomic E-state index is 0.0541. The molecular weight excluding hydrogens is 515 g/mol. The zero-order chi connectivity index (χ0) is 26.5. The van der Waals surface area contributed by atoms with E-state index in [0.29, 0.717) is 27.7 Å². The van der Waals surface area contributed by atoms with Crippen molar-refractivity contribution in [2.24, 2.45) is 0 Å². The lowest BCUT2D eigenvalue weighted by molar-refractivity contribution is -0.137. The molecule has 3 aromatic rings. The van der Waals surface area contributed by atoms with Crippen LogP contribution in [0.2, 0.25) is 10.0 Å². The van der Waals surface area contributed by atoms with Gasteiger partial charge in [-0.25, -0.2) is 9.69 Å². The topological polar surface area (TPSA) is 84.0 Å². The third kappa shape index (κ3) is 6.18. The number of imide groups is 1. The number of carbonyl (C=O) groups excluding carboxylic acids is 4. The molecule has 1 heterocycles. The minimum Gasteiger partial charge on any atom is -0.465 e. The SMILES string of the molecule is COC(=O)c1ccc(N2C(=O)CC(N(CCc3cccc(Cl)c3)C(=O)Cc3ccc(Cl)cc3)C2=O)cc1. The number of hydrogen-bond donors (Lipinski definition) is 0. The Labute approximate surface area is 224 Å². The van der Waals surface area contributed by atoms with Gasteiger partial charge in [0.05, 0.1) is 31.2 Å². The highest BCUT2D eigenvalue weighted by Gasteiger charge is 2.44. The molecule has 37 heavy (non-hydrogen) atoms. The summed E-state index contributed by atoms with van der Waals surface area (Å²) in [5, 5.41) is 1.13. The minimum atomic E-state index is -0.952. The largest absolute Gasteiger partial charge is 0.465 e. The van der Waals surface area contributed by atoms with Crippen molar-refractivity contribution in [3.63, 3.8) is 0 Å². The van der Waals surface area contributed by atoms with E-state index >= 15 is 0 Å². The van der Waals surface area contributed by atoms with Crippen molar-refractivity contribution in [2.45, 2.75) is 25.3 Å². The first-order valence-electron chi connectivity index (χ1n) is 11.6. The Kier molecular flexibility index (Phi) is 8.26. The van der Waals surface area contributed by atoms with Crippen molar-refractivity contribution in [1.82, 2.24) is 4.90 Å². The summed E-state index contributed by atoms with van der Waals surface area (Å²) in [6.45, 7) is 0.228. The second kappa shape index (κ2) is 11.6. The standard InChI is InChI=1S/C28H24Cl2N2O5/c1-37-28(36)20-7-11-23(12-8-20)32-26(34)17-24(27(32)35)31(14-13-18-3-2-4-22(30)15-18)25(33)16-19-5-9-21(29)10-6-19/h2-12,15,24H,13-14,16-17H2,1H3. The molecule has 0 aromatic heterocycles. The number of rotatable bonds is 8. The molecule has 1 saturated heterocycles. The summed E-state index contributed by atoms with van der Waals surface area (Å²) in [6, 6.07) is 19.2. The number of carbonyl (C=O) groups is 4. The average Bonchev–Trinajstić information content (AvgIpc) is 3.18. The third-order valence-electron chi connectivity index (χ3n) is 6.17. The third-order valence-corrected chi connectivity index (χ3v) is 6.65. The first kappa shape index (κ1) is 26.4. The van der Waals surface area contributed by atoms with Crippen LogP contribution in [0.1, 0.15) is 27.9 Å². The van der Waals surface area contributed by atoms with Crippen LogP contribution < -0.4 is 4.90 Å². The average molecular weight is 539 g/mol. The predicted octanol–water partition coefficient (Wildman–Crippen LogP) is 4.73. The van der Waals surface area contributed by atoms with E-state index in [4.69, 9.17) is 27.9 Å². The molecule has 190 valence electrons. The summed E-state index contributed by atoms with van der Waals surface area (Å²) < 4.78 is 4.70. The fourth-order valence-electron chi connectivity index (χ4n) is 4.27. The maximum Gasteiger partial charge on any atom is 0.337 e. The second-order valence-corrected chi connectivity index (χ2v) is 9.47. The molecule has 1 unspecified atom stereocenters. The molecule has 0 radical (unpaired) electrons. The van der Waals surface area contributed by atoms with Gasteiger partial charge in [-0.1, -0.05) is 47.5 Å². The second-order valence-electron chi connectivity index (χ2n) is 8.60. The fourth-order valence-corrected chi connectivity index (χ4v) is 4.61. The van der Waals surface area contributed by atoms with Gasteiger partial charge in [0.15, 0.2) is 0 Å². The van der Waals surface area contributed by atoms with E-state index in [1.807, 2.05) is 12.1 Å². The fraction of sp³-hybridized carbons (Fsp3) is 0.214. The monoisotopic (exact) mass is 538 g/mol. The molecular formula is C28H24Cl2N2O5. The Hall–Kier alpha value is -3.68. The zero-order valence-corrected chi connectivity index (χ0v) is 21.5. The first-order valence-corrected chi connectivity index (χ1v) is 12.4. The van der Waals surface area contributed by atoms with Gasteiger partial charge in [0.25, 0.3) is 5.91 Å². The number of hydrogen-bond acceptors (Lipinski definition) is 5. The smallest absolute Gasteiger partial charge is 0.337 e. The number of halogens is 2. The lowest BCUT2D eigenvalue weighted by atomic mass is 10.1. The van der Waals surface area contributed by atoms with Gasteiger partial charge >= 0.3 is 5.97 Å².